The number of rotatable bonds is 2. The van der Waals surface area contributed by atoms with Crippen LogP contribution in [0.1, 0.15) is 6.92 Å². The monoisotopic (exact) mass is 257 g/mol. The van der Waals surface area contributed by atoms with E-state index in [1.54, 1.807) is 7.11 Å². The van der Waals surface area contributed by atoms with Crippen LogP contribution in [0, 0.1) is 0 Å². The van der Waals surface area contributed by atoms with E-state index in [4.69, 9.17) is 4.74 Å². The zero-order valence-electron chi connectivity index (χ0n) is 11.4. The lowest BCUT2D eigenvalue weighted by Crippen LogP contribution is -2.49. The van der Waals surface area contributed by atoms with E-state index in [2.05, 4.69) is 34.3 Å². The van der Waals surface area contributed by atoms with Gasteiger partial charge in [-0.1, -0.05) is 0 Å². The van der Waals surface area contributed by atoms with Crippen molar-refractivity contribution in [3.63, 3.8) is 0 Å². The Hall–Kier alpha value is -1.81. The zero-order valence-corrected chi connectivity index (χ0v) is 11.4. The molecule has 0 saturated carbocycles. The number of ether oxygens (including phenoxy) is 1. The number of aromatic nitrogens is 1. The molecule has 1 N–H and O–H groups in total. The molecule has 1 saturated heterocycles. The standard InChI is InChI=1S/C15H19N3O/c1-11-10-18(8-7-16-11)15-14-4-3-13(19-2)9-12(14)5-6-17-15/h3-6,9,11,16H,7-8,10H2,1-2H3. The van der Waals surface area contributed by atoms with Crippen LogP contribution >= 0.6 is 0 Å². The summed E-state index contributed by atoms with van der Waals surface area (Å²) in [4.78, 5) is 6.93. The Balaban J connectivity index is 2.03. The van der Waals surface area contributed by atoms with Gasteiger partial charge in [-0.2, -0.15) is 0 Å². The third-order valence-electron chi connectivity index (χ3n) is 3.62. The molecule has 2 aromatic rings. The lowest BCUT2D eigenvalue weighted by Gasteiger charge is -2.33. The van der Waals surface area contributed by atoms with Crippen molar-refractivity contribution in [1.82, 2.24) is 10.3 Å². The van der Waals surface area contributed by atoms with Crippen LogP contribution in [0.25, 0.3) is 10.8 Å². The number of anilines is 1. The number of fused-ring (bicyclic) bond motifs is 1. The highest BCUT2D eigenvalue weighted by Gasteiger charge is 2.18. The molecule has 0 radical (unpaired) electrons. The molecule has 1 atom stereocenters. The highest BCUT2D eigenvalue weighted by molar-refractivity contribution is 5.93. The molecule has 0 aliphatic carbocycles. The van der Waals surface area contributed by atoms with Gasteiger partial charge in [-0.05, 0) is 36.6 Å². The van der Waals surface area contributed by atoms with Crippen molar-refractivity contribution in [2.75, 3.05) is 31.6 Å². The van der Waals surface area contributed by atoms with Crippen LogP contribution in [-0.2, 0) is 0 Å². The third kappa shape index (κ3) is 2.36. The zero-order chi connectivity index (χ0) is 13.2. The fourth-order valence-corrected chi connectivity index (χ4v) is 2.64. The molecule has 1 aliphatic heterocycles. The second-order valence-corrected chi connectivity index (χ2v) is 5.02. The van der Waals surface area contributed by atoms with E-state index in [1.807, 2.05) is 18.3 Å². The van der Waals surface area contributed by atoms with Gasteiger partial charge in [0.05, 0.1) is 7.11 Å². The van der Waals surface area contributed by atoms with Gasteiger partial charge in [-0.25, -0.2) is 4.98 Å². The minimum absolute atomic E-state index is 0.504. The number of hydrogen-bond donors (Lipinski definition) is 1. The van der Waals surface area contributed by atoms with E-state index >= 15 is 0 Å². The molecule has 0 spiro atoms. The second kappa shape index (κ2) is 5.05. The van der Waals surface area contributed by atoms with Crippen molar-refractivity contribution < 1.29 is 4.74 Å². The van der Waals surface area contributed by atoms with Gasteiger partial charge in [0.1, 0.15) is 11.6 Å². The van der Waals surface area contributed by atoms with Crippen molar-refractivity contribution in [3.8, 4) is 5.75 Å². The maximum absolute atomic E-state index is 5.28. The Bertz CT molecular complexity index is 585. The summed E-state index contributed by atoms with van der Waals surface area (Å²) in [6, 6.07) is 8.70. The number of nitrogens with zero attached hydrogens (tertiary/aromatic N) is 2. The lowest BCUT2D eigenvalue weighted by molar-refractivity contribution is 0.415. The van der Waals surface area contributed by atoms with Crippen LogP contribution in [0.4, 0.5) is 5.82 Å². The highest BCUT2D eigenvalue weighted by Crippen LogP contribution is 2.28. The normalized spacial score (nSPS) is 19.7. The largest absolute Gasteiger partial charge is 0.497 e. The molecule has 19 heavy (non-hydrogen) atoms. The summed E-state index contributed by atoms with van der Waals surface area (Å²) in [5.41, 5.74) is 0. The molecule has 0 bridgehead atoms. The molecule has 1 fully saturated rings. The van der Waals surface area contributed by atoms with Gasteiger partial charge in [-0.3, -0.25) is 0 Å². The number of methoxy groups -OCH3 is 1. The highest BCUT2D eigenvalue weighted by atomic mass is 16.5. The average molecular weight is 257 g/mol. The van der Waals surface area contributed by atoms with Gasteiger partial charge in [-0.15, -0.1) is 0 Å². The van der Waals surface area contributed by atoms with E-state index in [-0.39, 0.29) is 0 Å². The first kappa shape index (κ1) is 12.2. The third-order valence-corrected chi connectivity index (χ3v) is 3.62. The molecule has 1 aromatic heterocycles. The lowest BCUT2D eigenvalue weighted by atomic mass is 10.1. The molecule has 100 valence electrons. The van der Waals surface area contributed by atoms with Crippen LogP contribution in [0.3, 0.4) is 0 Å². The Morgan fingerprint density at radius 1 is 1.37 bits per heavy atom. The molecule has 4 nitrogen and oxygen atoms in total. The van der Waals surface area contributed by atoms with Gasteiger partial charge in [0.2, 0.25) is 0 Å². The van der Waals surface area contributed by atoms with Gasteiger partial charge < -0.3 is 15.0 Å². The number of hydrogen-bond acceptors (Lipinski definition) is 4. The van der Waals surface area contributed by atoms with Crippen LogP contribution in [-0.4, -0.2) is 37.8 Å². The van der Waals surface area contributed by atoms with E-state index < -0.39 is 0 Å². The fraction of sp³-hybridized carbons (Fsp3) is 0.400. The quantitative estimate of drug-likeness (QED) is 0.893. The summed E-state index contributed by atoms with van der Waals surface area (Å²) < 4.78 is 5.28. The number of benzene rings is 1. The smallest absolute Gasteiger partial charge is 0.136 e. The van der Waals surface area contributed by atoms with Crippen LogP contribution in [0.15, 0.2) is 30.5 Å². The molecule has 1 unspecified atom stereocenters. The molecule has 1 aliphatic rings. The molecule has 4 heteroatoms. The Morgan fingerprint density at radius 3 is 3.05 bits per heavy atom. The van der Waals surface area contributed by atoms with E-state index in [1.165, 1.54) is 10.8 Å². The minimum atomic E-state index is 0.504. The topological polar surface area (TPSA) is 37.4 Å². The molecular formula is C15H19N3O. The maximum atomic E-state index is 5.28. The van der Waals surface area contributed by atoms with Gasteiger partial charge in [0.15, 0.2) is 0 Å². The van der Waals surface area contributed by atoms with Crippen molar-refractivity contribution >= 4 is 16.6 Å². The molecular weight excluding hydrogens is 238 g/mol. The van der Waals surface area contributed by atoms with Crippen molar-refractivity contribution in [1.29, 1.82) is 0 Å². The first-order valence-electron chi connectivity index (χ1n) is 6.69. The van der Waals surface area contributed by atoms with Crippen molar-refractivity contribution in [2.45, 2.75) is 13.0 Å². The first-order valence-corrected chi connectivity index (χ1v) is 6.69. The van der Waals surface area contributed by atoms with Crippen LogP contribution < -0.4 is 15.0 Å². The van der Waals surface area contributed by atoms with E-state index in [0.29, 0.717) is 6.04 Å². The summed E-state index contributed by atoms with van der Waals surface area (Å²) in [5.74, 6) is 1.96. The Labute approximate surface area is 113 Å². The van der Waals surface area contributed by atoms with Crippen LogP contribution in [0.5, 0.6) is 5.75 Å². The number of pyridine rings is 1. The summed E-state index contributed by atoms with van der Waals surface area (Å²) >= 11 is 0. The first-order chi connectivity index (χ1) is 9.28. The molecule has 0 amide bonds. The van der Waals surface area contributed by atoms with E-state index in [0.717, 1.165) is 31.2 Å². The molecule has 2 heterocycles. The van der Waals surface area contributed by atoms with Crippen molar-refractivity contribution in [3.05, 3.63) is 30.5 Å². The fourth-order valence-electron chi connectivity index (χ4n) is 2.64. The summed E-state index contributed by atoms with van der Waals surface area (Å²) in [6.07, 6.45) is 1.88. The number of piperazine rings is 1. The van der Waals surface area contributed by atoms with Gasteiger partial charge in [0, 0.05) is 37.3 Å². The van der Waals surface area contributed by atoms with Crippen molar-refractivity contribution in [2.24, 2.45) is 0 Å². The second-order valence-electron chi connectivity index (χ2n) is 5.02. The number of nitrogens with one attached hydrogen (secondary N) is 1. The van der Waals surface area contributed by atoms with Crippen LogP contribution in [0.2, 0.25) is 0 Å². The molecule has 3 rings (SSSR count). The summed E-state index contributed by atoms with van der Waals surface area (Å²) in [6.45, 7) is 5.22. The predicted molar refractivity (Wildman–Crippen MR) is 78.0 cm³/mol. The van der Waals surface area contributed by atoms with E-state index in [9.17, 15) is 0 Å². The Morgan fingerprint density at radius 2 is 2.26 bits per heavy atom. The van der Waals surface area contributed by atoms with Gasteiger partial charge >= 0.3 is 0 Å². The molecule has 1 aromatic carbocycles. The predicted octanol–water partition coefficient (Wildman–Crippen LogP) is 2.04. The minimum Gasteiger partial charge on any atom is -0.497 e. The van der Waals surface area contributed by atoms with Gasteiger partial charge in [0.25, 0.3) is 0 Å². The SMILES string of the molecule is COc1ccc2c(N3CCNC(C)C3)nccc2c1. The summed E-state index contributed by atoms with van der Waals surface area (Å²) in [5, 5.41) is 5.83. The average Bonchev–Trinajstić information content (AvgIpc) is 2.46. The summed E-state index contributed by atoms with van der Waals surface area (Å²) in [7, 11) is 1.70. The maximum Gasteiger partial charge on any atom is 0.136 e. The Kier molecular flexibility index (Phi) is 3.25.